The molecule has 69 heavy (non-hydrogen) atoms. The van der Waals surface area contributed by atoms with Crippen LogP contribution in [0.15, 0.2) is 271 Å². The minimum Gasteiger partial charge on any atom is -0.456 e. The maximum absolute atomic E-state index is 6.38. The molecule has 0 unspecified atom stereocenters. The van der Waals surface area contributed by atoms with Gasteiger partial charge in [0.25, 0.3) is 0 Å². The van der Waals surface area contributed by atoms with E-state index in [4.69, 9.17) is 4.42 Å². The number of rotatable bonds is 9. The molecule has 3 nitrogen and oxygen atoms in total. The molecule has 3 heteroatoms. The lowest BCUT2D eigenvalue weighted by atomic mass is 9.91. The number of nitrogens with zero attached hydrogens (tertiary/aromatic N) is 2. The molecule has 0 fully saturated rings. The zero-order valence-corrected chi connectivity index (χ0v) is 37.7. The lowest BCUT2D eigenvalue weighted by Crippen LogP contribution is -2.10. The molecule has 2 aromatic heterocycles. The Labute approximate surface area is 401 Å². The second-order valence-corrected chi connectivity index (χ2v) is 17.7. The Balaban J connectivity index is 0.996. The van der Waals surface area contributed by atoms with E-state index in [0.29, 0.717) is 0 Å². The fourth-order valence-electron chi connectivity index (χ4n) is 10.3. The molecule has 0 spiro atoms. The summed E-state index contributed by atoms with van der Waals surface area (Å²) in [6.45, 7) is 0. The summed E-state index contributed by atoms with van der Waals surface area (Å²) in [5.41, 5.74) is 20.0. The average Bonchev–Trinajstić information content (AvgIpc) is 3.97. The van der Waals surface area contributed by atoms with Gasteiger partial charge in [-0.3, -0.25) is 0 Å². The first kappa shape index (κ1) is 40.1. The van der Waals surface area contributed by atoms with Gasteiger partial charge in [0.15, 0.2) is 0 Å². The Bertz CT molecular complexity index is 3930. The standard InChI is InChI=1S/C66H44N2O/c1-3-15-45(16-4-1)47-27-29-48(30-28-47)50-33-38-53(39-34-50)67(52-36-31-49(32-37-52)46-17-5-2-6-18-46)54-40-41-55(60(44-54)51-35-42-66-61(43-51)59-22-10-14-26-65(59)69-66)56-19-7-11-23-62(56)68-63-24-12-8-20-57(63)58-21-9-13-25-64(58)68/h1-44H. The quantitative estimate of drug-likeness (QED) is 0.144. The molecular formula is C66H44N2O. The maximum atomic E-state index is 6.38. The summed E-state index contributed by atoms with van der Waals surface area (Å²) in [5, 5.41) is 4.67. The molecule has 0 atom stereocenters. The molecule has 0 N–H and O–H groups in total. The molecule has 13 rings (SSSR count). The first-order chi connectivity index (χ1) is 34.2. The summed E-state index contributed by atoms with van der Waals surface area (Å²) in [6.07, 6.45) is 0. The van der Waals surface area contributed by atoms with Crippen molar-refractivity contribution in [2.24, 2.45) is 0 Å². The normalized spacial score (nSPS) is 11.5. The molecular weight excluding hydrogens is 837 g/mol. The number of hydrogen-bond acceptors (Lipinski definition) is 2. The van der Waals surface area contributed by atoms with Crippen LogP contribution in [0.5, 0.6) is 0 Å². The van der Waals surface area contributed by atoms with Crippen LogP contribution >= 0.6 is 0 Å². The van der Waals surface area contributed by atoms with E-state index in [1.54, 1.807) is 0 Å². The molecule has 0 aliphatic carbocycles. The Hall–Kier alpha value is -9.18. The number of fused-ring (bicyclic) bond motifs is 6. The van der Waals surface area contributed by atoms with Crippen molar-refractivity contribution in [2.45, 2.75) is 0 Å². The van der Waals surface area contributed by atoms with E-state index in [1.807, 2.05) is 6.07 Å². The smallest absolute Gasteiger partial charge is 0.135 e. The lowest BCUT2D eigenvalue weighted by molar-refractivity contribution is 0.669. The summed E-state index contributed by atoms with van der Waals surface area (Å²) in [7, 11) is 0. The number of para-hydroxylation sites is 4. The van der Waals surface area contributed by atoms with Gasteiger partial charge in [-0.1, -0.05) is 194 Å². The van der Waals surface area contributed by atoms with Crippen LogP contribution in [0.1, 0.15) is 0 Å². The molecule has 0 aliphatic rings. The topological polar surface area (TPSA) is 21.3 Å². The van der Waals surface area contributed by atoms with Crippen molar-refractivity contribution in [3.8, 4) is 61.3 Å². The van der Waals surface area contributed by atoms with E-state index < -0.39 is 0 Å². The second kappa shape index (κ2) is 16.9. The highest BCUT2D eigenvalue weighted by molar-refractivity contribution is 6.10. The molecule has 0 saturated carbocycles. The Morgan fingerprint density at radius 1 is 0.261 bits per heavy atom. The third kappa shape index (κ3) is 7.16. The van der Waals surface area contributed by atoms with Crippen molar-refractivity contribution < 1.29 is 4.42 Å². The zero-order valence-electron chi connectivity index (χ0n) is 37.7. The van der Waals surface area contributed by atoms with Crippen LogP contribution in [0, 0.1) is 0 Å². The van der Waals surface area contributed by atoms with E-state index in [1.165, 1.54) is 49.6 Å². The van der Waals surface area contributed by atoms with Crippen molar-refractivity contribution in [3.63, 3.8) is 0 Å². The van der Waals surface area contributed by atoms with Crippen LogP contribution in [0.3, 0.4) is 0 Å². The number of anilines is 3. The van der Waals surface area contributed by atoms with Gasteiger partial charge in [-0.05, 0) is 123 Å². The predicted molar refractivity (Wildman–Crippen MR) is 290 cm³/mol. The summed E-state index contributed by atoms with van der Waals surface area (Å²) < 4.78 is 8.82. The number of benzene rings is 11. The second-order valence-electron chi connectivity index (χ2n) is 17.7. The van der Waals surface area contributed by atoms with Gasteiger partial charge in [0.2, 0.25) is 0 Å². The highest BCUT2D eigenvalue weighted by Gasteiger charge is 2.21. The van der Waals surface area contributed by atoms with Crippen LogP contribution in [0.2, 0.25) is 0 Å². The first-order valence-electron chi connectivity index (χ1n) is 23.6. The number of hydrogen-bond donors (Lipinski definition) is 0. The van der Waals surface area contributed by atoms with Crippen LogP contribution < -0.4 is 4.90 Å². The van der Waals surface area contributed by atoms with Gasteiger partial charge in [-0.15, -0.1) is 0 Å². The molecule has 324 valence electrons. The average molecular weight is 881 g/mol. The van der Waals surface area contributed by atoms with Crippen molar-refractivity contribution in [3.05, 3.63) is 267 Å². The maximum Gasteiger partial charge on any atom is 0.135 e. The SMILES string of the molecule is c1ccc(-c2ccc(-c3ccc(N(c4ccc(-c5ccccc5)cc4)c4ccc(-c5ccccc5-n5c6ccccc6c6ccccc65)c(-c5ccc6oc7ccccc7c6c5)c4)cc3)cc2)cc1. The molecule has 0 bridgehead atoms. The first-order valence-corrected chi connectivity index (χ1v) is 23.6. The highest BCUT2D eigenvalue weighted by Crippen LogP contribution is 2.45. The van der Waals surface area contributed by atoms with E-state index in [2.05, 4.69) is 270 Å². The van der Waals surface area contributed by atoms with E-state index in [0.717, 1.165) is 72.5 Å². The van der Waals surface area contributed by atoms with Gasteiger partial charge < -0.3 is 13.9 Å². The minimum atomic E-state index is 0.873. The summed E-state index contributed by atoms with van der Waals surface area (Å²) in [4.78, 5) is 2.38. The van der Waals surface area contributed by atoms with Gasteiger partial charge in [-0.2, -0.15) is 0 Å². The van der Waals surface area contributed by atoms with Crippen molar-refractivity contribution in [2.75, 3.05) is 4.90 Å². The van der Waals surface area contributed by atoms with Gasteiger partial charge in [0.05, 0.1) is 16.7 Å². The number of furan rings is 1. The van der Waals surface area contributed by atoms with E-state index in [-0.39, 0.29) is 0 Å². The van der Waals surface area contributed by atoms with Crippen LogP contribution in [0.25, 0.3) is 105 Å². The highest BCUT2D eigenvalue weighted by atomic mass is 16.3. The molecule has 0 amide bonds. The molecule has 2 heterocycles. The molecule has 0 aliphatic heterocycles. The fraction of sp³-hybridized carbons (Fsp3) is 0. The largest absolute Gasteiger partial charge is 0.456 e. The van der Waals surface area contributed by atoms with Gasteiger partial charge in [-0.25, -0.2) is 0 Å². The fourth-order valence-corrected chi connectivity index (χ4v) is 10.3. The monoisotopic (exact) mass is 880 g/mol. The van der Waals surface area contributed by atoms with Gasteiger partial charge in [0, 0.05) is 44.2 Å². The number of aromatic nitrogens is 1. The summed E-state index contributed by atoms with van der Waals surface area (Å²) in [5.74, 6) is 0. The summed E-state index contributed by atoms with van der Waals surface area (Å²) in [6, 6.07) is 96.3. The van der Waals surface area contributed by atoms with Crippen LogP contribution in [0.4, 0.5) is 17.1 Å². The molecule has 0 radical (unpaired) electrons. The van der Waals surface area contributed by atoms with Crippen LogP contribution in [-0.4, -0.2) is 4.57 Å². The summed E-state index contributed by atoms with van der Waals surface area (Å²) >= 11 is 0. The minimum absolute atomic E-state index is 0.873. The zero-order chi connectivity index (χ0) is 45.7. The third-order valence-corrected chi connectivity index (χ3v) is 13.6. The Morgan fingerprint density at radius 3 is 1.29 bits per heavy atom. The van der Waals surface area contributed by atoms with E-state index >= 15 is 0 Å². The molecule has 11 aromatic carbocycles. The van der Waals surface area contributed by atoms with Crippen molar-refractivity contribution in [1.82, 2.24) is 4.57 Å². The molecule has 13 aromatic rings. The van der Waals surface area contributed by atoms with E-state index in [9.17, 15) is 0 Å². The van der Waals surface area contributed by atoms with Crippen LogP contribution in [-0.2, 0) is 0 Å². The third-order valence-electron chi connectivity index (χ3n) is 13.6. The lowest BCUT2D eigenvalue weighted by Gasteiger charge is -2.27. The molecule has 0 saturated heterocycles. The van der Waals surface area contributed by atoms with Gasteiger partial charge in [0.1, 0.15) is 11.2 Å². The van der Waals surface area contributed by atoms with Crippen molar-refractivity contribution in [1.29, 1.82) is 0 Å². The predicted octanol–water partition coefficient (Wildman–Crippen LogP) is 18.5. The van der Waals surface area contributed by atoms with Crippen molar-refractivity contribution >= 4 is 60.8 Å². The Morgan fingerprint density at radius 2 is 0.696 bits per heavy atom. The Kier molecular flexibility index (Phi) is 9.84. The van der Waals surface area contributed by atoms with Gasteiger partial charge >= 0.3 is 0 Å².